The first-order chi connectivity index (χ1) is 19.5. The highest BCUT2D eigenvalue weighted by molar-refractivity contribution is 7.56. The smallest absolute Gasteiger partial charge is 0.462 e. The van der Waals surface area contributed by atoms with E-state index < -0.39 is 57.1 Å². The monoisotopic (exact) mass is 592 g/mol. The van der Waals surface area contributed by atoms with Crippen molar-refractivity contribution in [1.29, 1.82) is 0 Å². The highest BCUT2D eigenvalue weighted by Gasteiger charge is 2.34. The minimum atomic E-state index is -3.98. The second-order valence-corrected chi connectivity index (χ2v) is 11.9. The Kier molecular flexibility index (Phi) is 11.6. The molecule has 3 atom stereocenters. The zero-order valence-corrected chi connectivity index (χ0v) is 24.7. The predicted octanol–water partition coefficient (Wildman–Crippen LogP) is 3.65. The quantitative estimate of drug-likeness (QED) is 0.148. The van der Waals surface area contributed by atoms with Crippen molar-refractivity contribution >= 4 is 36.6 Å². The fourth-order valence-electron chi connectivity index (χ4n) is 3.67. The molecule has 0 fully saturated rings. The number of carbonyl (C=O) groups is 2. The van der Waals surface area contributed by atoms with Crippen LogP contribution in [0.15, 0.2) is 43.0 Å². The van der Waals surface area contributed by atoms with E-state index in [-0.39, 0.29) is 18.8 Å². The summed E-state index contributed by atoms with van der Waals surface area (Å²) < 4.78 is 42.4. The molecular formula is C26H37N6O8P. The number of esters is 1. The van der Waals surface area contributed by atoms with Gasteiger partial charge in [-0.2, -0.15) is 0 Å². The molecule has 14 nitrogen and oxygen atoms in total. The first-order valence-corrected chi connectivity index (χ1v) is 14.9. The summed E-state index contributed by atoms with van der Waals surface area (Å²) in [5, 5.41) is 2.80. The van der Waals surface area contributed by atoms with Gasteiger partial charge in [0, 0.05) is 0 Å². The topological polar surface area (TPSA) is 179 Å². The number of carbonyl (C=O) groups excluding carboxylic acids is 2. The predicted molar refractivity (Wildman–Crippen MR) is 150 cm³/mol. The lowest BCUT2D eigenvalue weighted by Gasteiger charge is -2.26. The fourth-order valence-corrected chi connectivity index (χ4v) is 5.24. The number of imidazole rings is 1. The zero-order chi connectivity index (χ0) is 30.0. The van der Waals surface area contributed by atoms with Crippen molar-refractivity contribution in [3.05, 3.63) is 48.5 Å². The Hall–Kier alpha value is -3.58. The summed E-state index contributed by atoms with van der Waals surface area (Å²) in [6.45, 7) is 8.08. The van der Waals surface area contributed by atoms with E-state index in [4.69, 9.17) is 29.2 Å². The van der Waals surface area contributed by atoms with Crippen LogP contribution in [-0.2, 0) is 45.8 Å². The summed E-state index contributed by atoms with van der Waals surface area (Å²) in [4.78, 5) is 37.2. The van der Waals surface area contributed by atoms with Gasteiger partial charge in [-0.1, -0.05) is 30.3 Å². The molecule has 224 valence electrons. The number of benzene rings is 1. The molecule has 0 bridgehead atoms. The van der Waals surface area contributed by atoms with Gasteiger partial charge in [0.1, 0.15) is 24.2 Å². The molecule has 15 heteroatoms. The maximum Gasteiger partial charge on any atom is 0.510 e. The van der Waals surface area contributed by atoms with E-state index in [1.807, 2.05) is 30.3 Å². The number of fused-ring (bicyclic) bond motifs is 1. The van der Waals surface area contributed by atoms with Crippen LogP contribution in [0.25, 0.3) is 11.2 Å². The van der Waals surface area contributed by atoms with Gasteiger partial charge in [0.2, 0.25) is 6.79 Å². The maximum absolute atomic E-state index is 14.0. The minimum absolute atomic E-state index is 0.160. The lowest BCUT2D eigenvalue weighted by molar-refractivity contribution is -0.149. The third-order valence-corrected chi connectivity index (χ3v) is 7.17. The third kappa shape index (κ3) is 10.1. The largest absolute Gasteiger partial charge is 0.510 e. The molecule has 0 aliphatic rings. The van der Waals surface area contributed by atoms with Gasteiger partial charge in [-0.25, -0.2) is 24.8 Å². The summed E-state index contributed by atoms with van der Waals surface area (Å²) in [5.41, 5.74) is 7.63. The number of anilines is 1. The summed E-state index contributed by atoms with van der Waals surface area (Å²) >= 11 is 0. The van der Waals surface area contributed by atoms with Crippen LogP contribution >= 0.6 is 7.52 Å². The van der Waals surface area contributed by atoms with Crippen LogP contribution in [0.4, 0.5) is 10.6 Å². The van der Waals surface area contributed by atoms with Crippen LogP contribution in [0.3, 0.4) is 0 Å². The first kappa shape index (κ1) is 31.9. The molecule has 2 unspecified atom stereocenters. The molecule has 0 aliphatic carbocycles. The van der Waals surface area contributed by atoms with E-state index in [1.165, 1.54) is 6.33 Å². The van der Waals surface area contributed by atoms with Gasteiger partial charge in [-0.15, -0.1) is 0 Å². The van der Waals surface area contributed by atoms with Gasteiger partial charge in [0.25, 0.3) is 7.52 Å². The number of aromatic nitrogens is 4. The minimum Gasteiger partial charge on any atom is -0.462 e. The number of nitrogen functional groups attached to an aromatic ring is 1. The van der Waals surface area contributed by atoms with Crippen LogP contribution in [0, 0.1) is 0 Å². The van der Waals surface area contributed by atoms with Crippen molar-refractivity contribution in [2.24, 2.45) is 0 Å². The van der Waals surface area contributed by atoms with Gasteiger partial charge in [-0.3, -0.25) is 13.9 Å². The number of nitrogens with two attached hydrogens (primary N) is 1. The molecule has 0 saturated carbocycles. The summed E-state index contributed by atoms with van der Waals surface area (Å²) in [6.07, 6.45) is 0.262. The second-order valence-electron chi connectivity index (χ2n) is 9.77. The van der Waals surface area contributed by atoms with Gasteiger partial charge in [0.15, 0.2) is 11.5 Å². The van der Waals surface area contributed by atoms with Crippen molar-refractivity contribution in [2.75, 3.05) is 18.9 Å². The van der Waals surface area contributed by atoms with Gasteiger partial charge >= 0.3 is 12.1 Å². The van der Waals surface area contributed by atoms with Crippen LogP contribution in [0.1, 0.15) is 40.2 Å². The second kappa shape index (κ2) is 14.9. The van der Waals surface area contributed by atoms with Gasteiger partial charge in [0.05, 0.1) is 31.2 Å². The van der Waals surface area contributed by atoms with Crippen LogP contribution < -0.4 is 10.8 Å². The van der Waals surface area contributed by atoms with E-state index in [0.29, 0.717) is 11.2 Å². The molecule has 0 radical (unpaired) electrons. The summed E-state index contributed by atoms with van der Waals surface area (Å²) in [5.74, 6) is -0.374. The number of ether oxygens (including phenoxy) is 4. The standard InChI is InChI=1S/C26H37N6O8P/c1-17(2)39-25(33)21(11-20-9-7-6-8-10-20)31-41(35,38-15-36-26(34)40-18(3)4)16-37-19(5)12-32-14-30-22-23(27)28-13-29-24(22)32/h6-10,13-14,17-19,21H,11-12,15-16H2,1-5H3,(H,31,35)(H2,27,28,29)/t19?,21-,41?/m0/s1. The highest BCUT2D eigenvalue weighted by Crippen LogP contribution is 2.44. The molecule has 3 rings (SSSR count). The first-order valence-electron chi connectivity index (χ1n) is 13.1. The van der Waals surface area contributed by atoms with Crippen LogP contribution in [-0.4, -0.2) is 69.1 Å². The Balaban J connectivity index is 1.75. The molecule has 0 amide bonds. The van der Waals surface area contributed by atoms with E-state index in [1.54, 1.807) is 45.5 Å². The maximum atomic E-state index is 14.0. The molecular weight excluding hydrogens is 555 g/mol. The van der Waals surface area contributed by atoms with Gasteiger partial charge in [-0.05, 0) is 46.6 Å². The Morgan fingerprint density at radius 2 is 1.73 bits per heavy atom. The average Bonchev–Trinajstić information content (AvgIpc) is 3.31. The molecule has 1 aromatic carbocycles. The van der Waals surface area contributed by atoms with E-state index in [2.05, 4.69) is 20.0 Å². The SMILES string of the molecule is CC(C)OC(=O)OCOP(=O)(COC(C)Cn1cnc2c(N)ncnc21)N[C@@H](Cc1ccccc1)C(=O)OC(C)C. The van der Waals surface area contributed by atoms with E-state index in [0.717, 1.165) is 5.56 Å². The Morgan fingerprint density at radius 1 is 1.02 bits per heavy atom. The molecule has 2 heterocycles. The fraction of sp³-hybridized carbons (Fsp3) is 0.500. The van der Waals surface area contributed by atoms with E-state index >= 15 is 0 Å². The average molecular weight is 593 g/mol. The highest BCUT2D eigenvalue weighted by atomic mass is 31.2. The van der Waals surface area contributed by atoms with Crippen molar-refractivity contribution in [1.82, 2.24) is 24.6 Å². The Morgan fingerprint density at radius 3 is 2.41 bits per heavy atom. The van der Waals surface area contributed by atoms with Gasteiger partial charge < -0.3 is 29.2 Å². The molecule has 3 N–H and O–H groups in total. The lowest BCUT2D eigenvalue weighted by Crippen LogP contribution is -2.40. The molecule has 2 aromatic heterocycles. The molecule has 3 aromatic rings. The molecule has 0 spiro atoms. The summed E-state index contributed by atoms with van der Waals surface area (Å²) in [7, 11) is -3.98. The van der Waals surface area contributed by atoms with Crippen molar-refractivity contribution < 1.29 is 37.6 Å². The molecule has 41 heavy (non-hydrogen) atoms. The van der Waals surface area contributed by atoms with Crippen LogP contribution in [0.2, 0.25) is 0 Å². The Bertz CT molecular complexity index is 1340. The van der Waals surface area contributed by atoms with Crippen molar-refractivity contribution in [2.45, 2.75) is 71.9 Å². The number of rotatable bonds is 15. The number of nitrogens with zero attached hydrogens (tertiary/aromatic N) is 4. The number of hydrogen-bond donors (Lipinski definition) is 2. The van der Waals surface area contributed by atoms with Crippen molar-refractivity contribution in [3.8, 4) is 0 Å². The van der Waals surface area contributed by atoms with E-state index in [9.17, 15) is 14.2 Å². The molecule has 0 aliphatic heterocycles. The van der Waals surface area contributed by atoms with Crippen molar-refractivity contribution in [3.63, 3.8) is 0 Å². The third-order valence-electron chi connectivity index (χ3n) is 5.45. The molecule has 0 saturated heterocycles. The normalized spacial score (nSPS) is 14.5. The Labute approximate surface area is 238 Å². The zero-order valence-electron chi connectivity index (χ0n) is 23.8. The number of hydrogen-bond acceptors (Lipinski definition) is 12. The lowest BCUT2D eigenvalue weighted by atomic mass is 10.1. The summed E-state index contributed by atoms with van der Waals surface area (Å²) in [6, 6.07) is 8.11. The number of nitrogens with one attached hydrogen (secondary N) is 1. The van der Waals surface area contributed by atoms with Crippen LogP contribution in [0.5, 0.6) is 0 Å².